The zero-order valence-electron chi connectivity index (χ0n) is 13.2. The van der Waals surface area contributed by atoms with Gasteiger partial charge in [0.25, 0.3) is 11.1 Å². The minimum atomic E-state index is 0.136. The molecule has 8 heteroatoms. The molecule has 3 rings (SSSR count). The van der Waals surface area contributed by atoms with Gasteiger partial charge < -0.3 is 13.9 Å². The quantitative estimate of drug-likeness (QED) is 0.507. The van der Waals surface area contributed by atoms with Gasteiger partial charge in [0.05, 0.1) is 12.1 Å². The third-order valence-electron chi connectivity index (χ3n) is 3.21. The van der Waals surface area contributed by atoms with E-state index in [-0.39, 0.29) is 6.61 Å². The van der Waals surface area contributed by atoms with Crippen molar-refractivity contribution in [1.82, 2.24) is 10.2 Å². The Labute approximate surface area is 159 Å². The van der Waals surface area contributed by atoms with Gasteiger partial charge in [0.15, 0.2) is 6.61 Å². The smallest absolute Gasteiger partial charge is 0.277 e. The second-order valence-corrected chi connectivity index (χ2v) is 6.73. The SMILES string of the molecule is COc1ccc(CSc2nnc(COc3ccc(Cl)cc3Cl)o2)cc1. The first kappa shape index (κ1) is 17.9. The highest BCUT2D eigenvalue weighted by Gasteiger charge is 2.09. The van der Waals surface area contributed by atoms with E-state index in [1.54, 1.807) is 25.3 Å². The molecule has 0 fully saturated rings. The van der Waals surface area contributed by atoms with Crippen molar-refractivity contribution in [3.8, 4) is 11.5 Å². The average molecular weight is 397 g/mol. The first-order valence-corrected chi connectivity index (χ1v) is 9.04. The lowest BCUT2D eigenvalue weighted by atomic mass is 10.2. The molecule has 0 radical (unpaired) electrons. The molecule has 5 nitrogen and oxygen atoms in total. The van der Waals surface area contributed by atoms with Crippen LogP contribution in [0.5, 0.6) is 11.5 Å². The standard InChI is InChI=1S/C17H14Cl2N2O3S/c1-22-13-5-2-11(3-6-13)10-25-17-21-20-16(24-17)9-23-15-7-4-12(18)8-14(15)19/h2-8H,9-10H2,1H3. The van der Waals surface area contributed by atoms with E-state index in [2.05, 4.69) is 10.2 Å². The van der Waals surface area contributed by atoms with Crippen LogP contribution in [0.15, 0.2) is 52.1 Å². The summed E-state index contributed by atoms with van der Waals surface area (Å²) in [6.45, 7) is 0.136. The van der Waals surface area contributed by atoms with Gasteiger partial charge >= 0.3 is 0 Å². The lowest BCUT2D eigenvalue weighted by molar-refractivity contribution is 0.252. The minimum Gasteiger partial charge on any atom is -0.497 e. The molecule has 0 N–H and O–H groups in total. The van der Waals surface area contributed by atoms with E-state index in [0.29, 0.717) is 26.9 Å². The maximum Gasteiger partial charge on any atom is 0.277 e. The summed E-state index contributed by atoms with van der Waals surface area (Å²) in [4.78, 5) is 0. The Morgan fingerprint density at radius 1 is 1.08 bits per heavy atom. The molecule has 0 saturated heterocycles. The fourth-order valence-corrected chi connectivity index (χ4v) is 3.15. The summed E-state index contributed by atoms with van der Waals surface area (Å²) in [7, 11) is 1.64. The van der Waals surface area contributed by atoms with E-state index in [9.17, 15) is 0 Å². The first-order valence-electron chi connectivity index (χ1n) is 7.30. The first-order chi connectivity index (χ1) is 12.1. The maximum absolute atomic E-state index is 6.05. The number of nitrogens with zero attached hydrogens (tertiary/aromatic N) is 2. The number of hydrogen-bond donors (Lipinski definition) is 0. The van der Waals surface area contributed by atoms with Gasteiger partial charge in [-0.15, -0.1) is 10.2 Å². The van der Waals surface area contributed by atoms with Gasteiger partial charge in [-0.3, -0.25) is 0 Å². The number of hydrogen-bond acceptors (Lipinski definition) is 6. The van der Waals surface area contributed by atoms with Gasteiger partial charge in [0.1, 0.15) is 11.5 Å². The third kappa shape index (κ3) is 5.04. The molecule has 0 saturated carbocycles. The van der Waals surface area contributed by atoms with Crippen molar-refractivity contribution in [2.24, 2.45) is 0 Å². The van der Waals surface area contributed by atoms with Crippen LogP contribution in [0, 0.1) is 0 Å². The van der Waals surface area contributed by atoms with Crippen LogP contribution >= 0.6 is 35.0 Å². The number of halogens is 2. The summed E-state index contributed by atoms with van der Waals surface area (Å²) in [5.41, 5.74) is 1.13. The van der Waals surface area contributed by atoms with Crippen LogP contribution in [0.2, 0.25) is 10.0 Å². The van der Waals surface area contributed by atoms with E-state index in [1.807, 2.05) is 24.3 Å². The summed E-state index contributed by atoms with van der Waals surface area (Å²) in [5.74, 6) is 2.43. The molecule has 0 aliphatic carbocycles. The number of aromatic nitrogens is 2. The summed E-state index contributed by atoms with van der Waals surface area (Å²) in [5, 5.41) is 9.43. The number of ether oxygens (including phenoxy) is 2. The molecule has 0 atom stereocenters. The second-order valence-electron chi connectivity index (χ2n) is 4.96. The molecule has 130 valence electrons. The zero-order valence-corrected chi connectivity index (χ0v) is 15.6. The fourth-order valence-electron chi connectivity index (χ4n) is 1.95. The van der Waals surface area contributed by atoms with E-state index in [0.717, 1.165) is 17.1 Å². The maximum atomic E-state index is 6.05. The van der Waals surface area contributed by atoms with Crippen molar-refractivity contribution in [2.75, 3.05) is 7.11 Å². The van der Waals surface area contributed by atoms with Crippen molar-refractivity contribution in [3.63, 3.8) is 0 Å². The van der Waals surface area contributed by atoms with Crippen LogP contribution in [-0.2, 0) is 12.4 Å². The normalized spacial score (nSPS) is 10.7. The molecule has 2 aromatic carbocycles. The summed E-state index contributed by atoms with van der Waals surface area (Å²) in [6, 6.07) is 12.8. The molecule has 1 aromatic heterocycles. The summed E-state index contributed by atoms with van der Waals surface area (Å²) in [6.07, 6.45) is 0. The lowest BCUT2D eigenvalue weighted by Crippen LogP contribution is -1.96. The van der Waals surface area contributed by atoms with Crippen molar-refractivity contribution in [3.05, 3.63) is 64.0 Å². The van der Waals surface area contributed by atoms with Crippen molar-refractivity contribution >= 4 is 35.0 Å². The van der Waals surface area contributed by atoms with Crippen molar-refractivity contribution < 1.29 is 13.9 Å². The van der Waals surface area contributed by atoms with Crippen molar-refractivity contribution in [1.29, 1.82) is 0 Å². The van der Waals surface area contributed by atoms with E-state index < -0.39 is 0 Å². The molecule has 0 spiro atoms. The van der Waals surface area contributed by atoms with Gasteiger partial charge in [-0.25, -0.2) is 0 Å². The zero-order chi connectivity index (χ0) is 17.6. The Morgan fingerprint density at radius 3 is 2.60 bits per heavy atom. The van der Waals surface area contributed by atoms with Crippen LogP contribution in [0.4, 0.5) is 0 Å². The predicted molar refractivity (Wildman–Crippen MR) is 97.6 cm³/mol. The Hall–Kier alpha value is -1.89. The molecule has 0 amide bonds. The highest BCUT2D eigenvalue weighted by Crippen LogP contribution is 2.28. The number of methoxy groups -OCH3 is 1. The second kappa shape index (κ2) is 8.47. The molecule has 3 aromatic rings. The molecule has 1 heterocycles. The van der Waals surface area contributed by atoms with Gasteiger partial charge in [-0.2, -0.15) is 0 Å². The van der Waals surface area contributed by atoms with Crippen LogP contribution < -0.4 is 9.47 Å². The van der Waals surface area contributed by atoms with Crippen LogP contribution in [-0.4, -0.2) is 17.3 Å². The van der Waals surface area contributed by atoms with Crippen LogP contribution in [0.3, 0.4) is 0 Å². The van der Waals surface area contributed by atoms with E-state index in [4.69, 9.17) is 37.1 Å². The van der Waals surface area contributed by atoms with Gasteiger partial charge in [-0.1, -0.05) is 47.1 Å². The highest BCUT2D eigenvalue weighted by atomic mass is 35.5. The fraction of sp³-hybridized carbons (Fsp3) is 0.176. The third-order valence-corrected chi connectivity index (χ3v) is 4.63. The van der Waals surface area contributed by atoms with Gasteiger partial charge in [-0.05, 0) is 35.9 Å². The number of benzene rings is 2. The van der Waals surface area contributed by atoms with E-state index >= 15 is 0 Å². The van der Waals surface area contributed by atoms with Crippen molar-refractivity contribution in [2.45, 2.75) is 17.6 Å². The van der Waals surface area contributed by atoms with Gasteiger partial charge in [0, 0.05) is 10.8 Å². The highest BCUT2D eigenvalue weighted by molar-refractivity contribution is 7.98. The minimum absolute atomic E-state index is 0.136. The summed E-state index contributed by atoms with van der Waals surface area (Å²) >= 11 is 13.4. The lowest BCUT2D eigenvalue weighted by Gasteiger charge is -2.05. The predicted octanol–water partition coefficient (Wildman–Crippen LogP) is 5.26. The monoisotopic (exact) mass is 396 g/mol. The number of rotatable bonds is 7. The van der Waals surface area contributed by atoms with Gasteiger partial charge in [0.2, 0.25) is 0 Å². The van der Waals surface area contributed by atoms with E-state index in [1.165, 1.54) is 11.8 Å². The molecule has 25 heavy (non-hydrogen) atoms. The molecular weight excluding hydrogens is 383 g/mol. The molecule has 0 aliphatic heterocycles. The molecular formula is C17H14Cl2N2O3S. The Kier molecular flexibility index (Phi) is 6.07. The van der Waals surface area contributed by atoms with Crippen LogP contribution in [0.1, 0.15) is 11.5 Å². The van der Waals surface area contributed by atoms with Crippen LogP contribution in [0.25, 0.3) is 0 Å². The summed E-state index contributed by atoms with van der Waals surface area (Å²) < 4.78 is 16.3. The Bertz CT molecular complexity index is 840. The molecule has 0 unspecified atom stereocenters. The average Bonchev–Trinajstić information content (AvgIpc) is 3.07. The number of thioether (sulfide) groups is 1. The molecule has 0 aliphatic rings. The molecule has 0 bridgehead atoms. The largest absolute Gasteiger partial charge is 0.497 e. The Balaban J connectivity index is 1.53. The Morgan fingerprint density at radius 2 is 1.88 bits per heavy atom. The topological polar surface area (TPSA) is 57.4 Å².